The summed E-state index contributed by atoms with van der Waals surface area (Å²) in [7, 11) is 0. The van der Waals surface area contributed by atoms with Crippen molar-refractivity contribution in [3.05, 3.63) is 23.2 Å². The largest absolute Gasteiger partial charge is 0.444 e. The number of hydrogen-bond donors (Lipinski definition) is 1. The van der Waals surface area contributed by atoms with Crippen LogP contribution < -0.4 is 5.32 Å². The van der Waals surface area contributed by atoms with Gasteiger partial charge in [0.05, 0.1) is 11.9 Å². The van der Waals surface area contributed by atoms with Gasteiger partial charge in [0.2, 0.25) is 0 Å². The van der Waals surface area contributed by atoms with Gasteiger partial charge in [-0.3, -0.25) is 5.32 Å². The summed E-state index contributed by atoms with van der Waals surface area (Å²) in [4.78, 5) is 14.9. The summed E-state index contributed by atoms with van der Waals surface area (Å²) in [5, 5.41) is 2.10. The van der Waals surface area contributed by atoms with E-state index in [1.807, 2.05) is 13.8 Å². The lowest BCUT2D eigenvalue weighted by atomic mass is 10.2. The lowest BCUT2D eigenvalue weighted by Gasteiger charge is -2.19. The molecular weight excluding hydrogens is 259 g/mol. The predicted molar refractivity (Wildman–Crippen MR) is 70.4 cm³/mol. The lowest BCUT2D eigenvalue weighted by molar-refractivity contribution is 0.0636. The zero-order chi connectivity index (χ0) is 14.3. The summed E-state index contributed by atoms with van der Waals surface area (Å²) in [5.74, 6) is -0.699. The molecule has 0 atom stereocenters. The second-order valence-electron chi connectivity index (χ2n) is 4.12. The van der Waals surface area contributed by atoms with Crippen LogP contribution in [0.3, 0.4) is 0 Å². The molecule has 1 aromatic heterocycles. The molecule has 1 N–H and O–H groups in total. The number of hydrogen-bond acceptors (Lipinski definition) is 3. The van der Waals surface area contributed by atoms with E-state index < -0.39 is 17.5 Å². The number of pyridine rings is 1. The summed E-state index contributed by atoms with van der Waals surface area (Å²) in [6.45, 7) is 9.19. The Kier molecular flexibility index (Phi) is 6.62. The summed E-state index contributed by atoms with van der Waals surface area (Å²) in [6.07, 6.45) is 0.575. The lowest BCUT2D eigenvalue weighted by Crippen LogP contribution is -2.27. The Morgan fingerprint density at radius 2 is 2.00 bits per heavy atom. The summed E-state index contributed by atoms with van der Waals surface area (Å²) in [5.41, 5.74) is -0.418. The molecule has 1 aromatic rings. The Labute approximate surface area is 112 Å². The molecule has 18 heavy (non-hydrogen) atoms. The first-order chi connectivity index (χ1) is 8.28. The molecule has 0 aliphatic carbocycles. The molecule has 1 heterocycles. The summed E-state index contributed by atoms with van der Waals surface area (Å²) < 4.78 is 18.0. The highest BCUT2D eigenvalue weighted by Gasteiger charge is 2.16. The van der Waals surface area contributed by atoms with E-state index in [0.717, 1.165) is 6.07 Å². The van der Waals surface area contributed by atoms with Crippen LogP contribution in [0.4, 0.5) is 14.9 Å². The van der Waals surface area contributed by atoms with Crippen molar-refractivity contribution in [3.8, 4) is 0 Å². The van der Waals surface area contributed by atoms with E-state index in [-0.39, 0.29) is 10.8 Å². The maximum absolute atomic E-state index is 13.0. The Morgan fingerprint density at radius 1 is 1.44 bits per heavy atom. The van der Waals surface area contributed by atoms with Gasteiger partial charge in [-0.25, -0.2) is 14.2 Å². The molecule has 1 amide bonds. The van der Waals surface area contributed by atoms with Crippen LogP contribution in [0.5, 0.6) is 0 Å². The number of rotatable bonds is 1. The number of halogens is 2. The number of ether oxygens (including phenoxy) is 1. The Balaban J connectivity index is 0.00000137. The monoisotopic (exact) mass is 276 g/mol. The quantitative estimate of drug-likeness (QED) is 0.780. The van der Waals surface area contributed by atoms with Gasteiger partial charge in [-0.05, 0) is 20.8 Å². The van der Waals surface area contributed by atoms with Crippen molar-refractivity contribution in [2.75, 3.05) is 5.32 Å². The highest BCUT2D eigenvalue weighted by molar-refractivity contribution is 6.29. The second kappa shape index (κ2) is 7.16. The molecule has 0 aliphatic rings. The summed E-state index contributed by atoms with van der Waals surface area (Å²) in [6, 6.07) is 1.07. The smallest absolute Gasteiger partial charge is 0.412 e. The molecule has 0 radical (unpaired) electrons. The van der Waals surface area contributed by atoms with Gasteiger partial charge >= 0.3 is 6.09 Å². The fourth-order valence-electron chi connectivity index (χ4n) is 0.911. The third kappa shape index (κ3) is 6.39. The van der Waals surface area contributed by atoms with Gasteiger partial charge in [0.25, 0.3) is 0 Å². The maximum atomic E-state index is 13.0. The van der Waals surface area contributed by atoms with Crippen molar-refractivity contribution in [2.45, 2.75) is 40.2 Å². The Hall–Kier alpha value is -1.36. The molecular formula is C12H18ClFN2O2. The van der Waals surface area contributed by atoms with Gasteiger partial charge in [-0.2, -0.15) is 0 Å². The van der Waals surface area contributed by atoms with E-state index in [2.05, 4.69) is 10.3 Å². The van der Waals surface area contributed by atoms with Gasteiger partial charge in [-0.15, -0.1) is 0 Å². The summed E-state index contributed by atoms with van der Waals surface area (Å²) >= 11 is 5.39. The van der Waals surface area contributed by atoms with E-state index in [4.69, 9.17) is 16.3 Å². The normalized spacial score (nSPS) is 10.2. The molecule has 0 spiro atoms. The zero-order valence-electron chi connectivity index (χ0n) is 11.2. The van der Waals surface area contributed by atoms with Crippen LogP contribution in [0, 0.1) is 5.82 Å². The first-order valence-corrected chi connectivity index (χ1v) is 5.97. The number of carbonyl (C=O) groups excluding carboxylic acids is 1. The zero-order valence-corrected chi connectivity index (χ0v) is 11.9. The van der Waals surface area contributed by atoms with Crippen LogP contribution in [-0.2, 0) is 4.74 Å². The van der Waals surface area contributed by atoms with Gasteiger partial charge in [0.1, 0.15) is 5.60 Å². The molecule has 0 bridgehead atoms. The van der Waals surface area contributed by atoms with E-state index in [1.54, 1.807) is 20.8 Å². The van der Waals surface area contributed by atoms with Crippen LogP contribution in [0.2, 0.25) is 5.15 Å². The third-order valence-corrected chi connectivity index (χ3v) is 1.72. The highest BCUT2D eigenvalue weighted by atomic mass is 35.5. The maximum Gasteiger partial charge on any atom is 0.412 e. The number of amides is 1. The number of aromatic nitrogens is 1. The van der Waals surface area contributed by atoms with Crippen molar-refractivity contribution in [3.63, 3.8) is 0 Å². The van der Waals surface area contributed by atoms with E-state index in [0.29, 0.717) is 0 Å². The standard InChI is InChI=1S/C10H12ClFN2O2.C2H6/c1-10(2,3)16-9(15)14-6-4-7(12)8(11)13-5-6;1-2/h4-5H,1-3H3,(H,14,15);1-2H3. The number of anilines is 1. The molecule has 0 saturated carbocycles. The van der Waals surface area contributed by atoms with Crippen LogP contribution >= 0.6 is 11.6 Å². The van der Waals surface area contributed by atoms with Gasteiger partial charge in [0, 0.05) is 6.07 Å². The Bertz CT molecular complexity index is 406. The van der Waals surface area contributed by atoms with Gasteiger partial charge in [-0.1, -0.05) is 25.4 Å². The molecule has 0 aliphatic heterocycles. The van der Waals surface area contributed by atoms with Crippen molar-refractivity contribution >= 4 is 23.4 Å². The fraction of sp³-hybridized carbons (Fsp3) is 0.500. The minimum absolute atomic E-state index is 0.191. The van der Waals surface area contributed by atoms with Gasteiger partial charge < -0.3 is 4.74 Å². The van der Waals surface area contributed by atoms with Gasteiger partial charge in [0.15, 0.2) is 11.0 Å². The molecule has 102 valence electrons. The molecule has 0 aromatic carbocycles. The number of nitrogens with one attached hydrogen (secondary N) is 1. The molecule has 0 fully saturated rings. The molecule has 6 heteroatoms. The minimum Gasteiger partial charge on any atom is -0.444 e. The van der Waals surface area contributed by atoms with Crippen LogP contribution in [-0.4, -0.2) is 16.7 Å². The average Bonchev–Trinajstić information content (AvgIpc) is 2.24. The van der Waals surface area contributed by atoms with E-state index in [1.165, 1.54) is 6.20 Å². The second-order valence-corrected chi connectivity index (χ2v) is 4.48. The van der Waals surface area contributed by atoms with Crippen molar-refractivity contribution < 1.29 is 13.9 Å². The topological polar surface area (TPSA) is 51.2 Å². The fourth-order valence-corrected chi connectivity index (χ4v) is 1.01. The molecule has 0 saturated heterocycles. The Morgan fingerprint density at radius 3 is 2.44 bits per heavy atom. The van der Waals surface area contributed by atoms with Crippen molar-refractivity contribution in [2.24, 2.45) is 0 Å². The SMILES string of the molecule is CC.CC(C)(C)OC(=O)Nc1cnc(Cl)c(F)c1. The van der Waals surface area contributed by atoms with Crippen molar-refractivity contribution in [1.29, 1.82) is 0 Å². The molecule has 4 nitrogen and oxygen atoms in total. The molecule has 1 rings (SSSR count). The molecule has 0 unspecified atom stereocenters. The first-order valence-electron chi connectivity index (χ1n) is 5.59. The third-order valence-electron chi connectivity index (χ3n) is 1.44. The first kappa shape index (κ1) is 16.6. The van der Waals surface area contributed by atoms with E-state index in [9.17, 15) is 9.18 Å². The van der Waals surface area contributed by atoms with Crippen LogP contribution in [0.1, 0.15) is 34.6 Å². The minimum atomic E-state index is -0.699. The average molecular weight is 277 g/mol. The van der Waals surface area contributed by atoms with Crippen LogP contribution in [0.15, 0.2) is 12.3 Å². The number of nitrogens with zero attached hydrogens (tertiary/aromatic N) is 1. The number of carbonyl (C=O) groups is 1. The van der Waals surface area contributed by atoms with Crippen LogP contribution in [0.25, 0.3) is 0 Å². The van der Waals surface area contributed by atoms with E-state index >= 15 is 0 Å². The predicted octanol–water partition coefficient (Wildman–Crippen LogP) is 4.25. The highest BCUT2D eigenvalue weighted by Crippen LogP contribution is 2.16. The van der Waals surface area contributed by atoms with Crippen molar-refractivity contribution in [1.82, 2.24) is 4.98 Å².